The number of ether oxygens (including phenoxy) is 1. The summed E-state index contributed by atoms with van der Waals surface area (Å²) >= 11 is 0. The first-order valence-electron chi connectivity index (χ1n) is 6.44. The van der Waals surface area contributed by atoms with Crippen LogP contribution in [0.15, 0.2) is 48.5 Å². The Morgan fingerprint density at radius 2 is 1.79 bits per heavy atom. The van der Waals surface area contributed by atoms with E-state index < -0.39 is 0 Å². The van der Waals surface area contributed by atoms with E-state index in [2.05, 4.69) is 0 Å². The smallest absolute Gasteiger partial charge is 0.126 e. The fraction of sp³-hybridized carbons (Fsp3) is 0.176. The average molecular weight is 252 g/mol. The maximum atomic E-state index is 10.5. The molecular weight excluding hydrogens is 236 g/mol. The monoisotopic (exact) mass is 252 g/mol. The lowest BCUT2D eigenvalue weighted by atomic mass is 9.87. The fourth-order valence-corrected chi connectivity index (χ4v) is 2.60. The fourth-order valence-electron chi connectivity index (χ4n) is 2.60. The summed E-state index contributed by atoms with van der Waals surface area (Å²) in [6, 6.07) is 15.9. The van der Waals surface area contributed by atoms with Crippen LogP contribution in [-0.2, 0) is 6.42 Å². The van der Waals surface area contributed by atoms with Crippen LogP contribution in [0.4, 0.5) is 0 Å². The molecule has 3 rings (SSSR count). The summed E-state index contributed by atoms with van der Waals surface area (Å²) in [7, 11) is 1.66. The minimum absolute atomic E-state index is 0.398. The molecule has 0 heterocycles. The third-order valence-corrected chi connectivity index (χ3v) is 3.62. The summed E-state index contributed by atoms with van der Waals surface area (Å²) in [5.74, 6) is 1.24. The van der Waals surface area contributed by atoms with Crippen molar-refractivity contribution in [3.05, 3.63) is 65.2 Å². The van der Waals surface area contributed by atoms with Gasteiger partial charge in [-0.3, -0.25) is 0 Å². The van der Waals surface area contributed by atoms with E-state index in [1.54, 1.807) is 7.11 Å². The van der Waals surface area contributed by atoms with Crippen LogP contribution in [-0.4, -0.2) is 12.2 Å². The Morgan fingerprint density at radius 1 is 1.00 bits per heavy atom. The maximum absolute atomic E-state index is 10.5. The molecule has 0 unspecified atom stereocenters. The highest BCUT2D eigenvalue weighted by molar-refractivity contribution is 5.89. The largest absolute Gasteiger partial charge is 0.507 e. The van der Waals surface area contributed by atoms with E-state index in [0.717, 1.165) is 40.9 Å². The number of allylic oxidation sites excluding steroid dienone is 1. The van der Waals surface area contributed by atoms with E-state index in [4.69, 9.17) is 4.74 Å². The van der Waals surface area contributed by atoms with Crippen LogP contribution in [0.5, 0.6) is 5.75 Å². The van der Waals surface area contributed by atoms with Gasteiger partial charge < -0.3 is 9.84 Å². The predicted octanol–water partition coefficient (Wildman–Crippen LogP) is 4.07. The predicted molar refractivity (Wildman–Crippen MR) is 77.2 cm³/mol. The zero-order valence-electron chi connectivity index (χ0n) is 10.9. The van der Waals surface area contributed by atoms with Crippen LogP contribution in [0.1, 0.15) is 23.1 Å². The molecule has 0 aliphatic heterocycles. The van der Waals surface area contributed by atoms with E-state index >= 15 is 0 Å². The molecule has 96 valence electrons. The van der Waals surface area contributed by atoms with Gasteiger partial charge in [0.05, 0.1) is 7.11 Å². The minimum Gasteiger partial charge on any atom is -0.507 e. The summed E-state index contributed by atoms with van der Waals surface area (Å²) in [4.78, 5) is 0. The normalized spacial score (nSPS) is 14.2. The standard InChI is InChI=1S/C17H16O2/c1-19-14-8-10-16-13(11-14)7-9-15(17(16)18)12-5-3-2-4-6-12/h2-6,8,10-11,18H,7,9H2,1H3. The van der Waals surface area contributed by atoms with Crippen molar-refractivity contribution in [3.8, 4) is 5.75 Å². The molecule has 1 N–H and O–H groups in total. The number of aryl methyl sites for hydroxylation is 1. The van der Waals surface area contributed by atoms with Crippen molar-refractivity contribution >= 4 is 11.3 Å². The topological polar surface area (TPSA) is 29.5 Å². The summed E-state index contributed by atoms with van der Waals surface area (Å²) < 4.78 is 5.23. The minimum atomic E-state index is 0.398. The Kier molecular flexibility index (Phi) is 3.00. The summed E-state index contributed by atoms with van der Waals surface area (Å²) in [5.41, 5.74) is 4.20. The molecule has 1 aliphatic carbocycles. The number of hydrogen-bond donors (Lipinski definition) is 1. The number of benzene rings is 2. The Bertz CT molecular complexity index is 627. The van der Waals surface area contributed by atoms with Gasteiger partial charge in [-0.15, -0.1) is 0 Å². The molecule has 0 radical (unpaired) electrons. The molecule has 0 atom stereocenters. The SMILES string of the molecule is COc1ccc2c(c1)CCC(c1ccccc1)=C2O. The Labute approximate surface area is 113 Å². The molecule has 2 aromatic carbocycles. The van der Waals surface area contributed by atoms with Crippen molar-refractivity contribution in [1.82, 2.24) is 0 Å². The third-order valence-electron chi connectivity index (χ3n) is 3.62. The number of rotatable bonds is 2. The second kappa shape index (κ2) is 4.81. The van der Waals surface area contributed by atoms with Gasteiger partial charge in [-0.05, 0) is 42.2 Å². The van der Waals surface area contributed by atoms with Crippen molar-refractivity contribution in [2.45, 2.75) is 12.8 Å². The summed E-state index contributed by atoms with van der Waals surface area (Å²) in [5, 5.41) is 10.5. The highest BCUT2D eigenvalue weighted by Gasteiger charge is 2.19. The Balaban J connectivity index is 2.09. The summed E-state index contributed by atoms with van der Waals surface area (Å²) in [6.45, 7) is 0. The molecule has 2 heteroatoms. The zero-order chi connectivity index (χ0) is 13.2. The average Bonchev–Trinajstić information content (AvgIpc) is 2.48. The maximum Gasteiger partial charge on any atom is 0.126 e. The highest BCUT2D eigenvalue weighted by Crippen LogP contribution is 2.36. The lowest BCUT2D eigenvalue weighted by Crippen LogP contribution is -2.05. The molecule has 0 fully saturated rings. The quantitative estimate of drug-likeness (QED) is 0.873. The van der Waals surface area contributed by atoms with E-state index in [-0.39, 0.29) is 0 Å². The molecule has 2 nitrogen and oxygen atoms in total. The lowest BCUT2D eigenvalue weighted by Gasteiger charge is -2.20. The van der Waals surface area contributed by atoms with Crippen LogP contribution < -0.4 is 4.74 Å². The van der Waals surface area contributed by atoms with Gasteiger partial charge in [0.2, 0.25) is 0 Å². The first-order chi connectivity index (χ1) is 9.29. The molecular formula is C17H16O2. The second-order valence-electron chi connectivity index (χ2n) is 4.72. The molecule has 0 saturated heterocycles. The van der Waals surface area contributed by atoms with Crippen LogP contribution >= 0.6 is 0 Å². The van der Waals surface area contributed by atoms with Crippen molar-refractivity contribution in [2.75, 3.05) is 7.11 Å². The van der Waals surface area contributed by atoms with Crippen molar-refractivity contribution in [3.63, 3.8) is 0 Å². The molecule has 1 aliphatic rings. The number of methoxy groups -OCH3 is 1. The van der Waals surface area contributed by atoms with Gasteiger partial charge in [0.15, 0.2) is 0 Å². The van der Waals surface area contributed by atoms with Gasteiger partial charge in [0.25, 0.3) is 0 Å². The van der Waals surface area contributed by atoms with Gasteiger partial charge >= 0.3 is 0 Å². The second-order valence-corrected chi connectivity index (χ2v) is 4.72. The zero-order valence-corrected chi connectivity index (χ0v) is 10.9. The summed E-state index contributed by atoms with van der Waals surface area (Å²) in [6.07, 6.45) is 1.79. The Morgan fingerprint density at radius 3 is 2.53 bits per heavy atom. The van der Waals surface area contributed by atoms with E-state index in [1.807, 2.05) is 48.5 Å². The van der Waals surface area contributed by atoms with Crippen molar-refractivity contribution in [1.29, 1.82) is 0 Å². The van der Waals surface area contributed by atoms with E-state index in [0.29, 0.717) is 5.76 Å². The molecule has 0 bridgehead atoms. The van der Waals surface area contributed by atoms with Crippen LogP contribution in [0.25, 0.3) is 11.3 Å². The van der Waals surface area contributed by atoms with Crippen molar-refractivity contribution in [2.24, 2.45) is 0 Å². The Hall–Kier alpha value is -2.22. The van der Waals surface area contributed by atoms with E-state index in [1.165, 1.54) is 0 Å². The molecule has 0 saturated carbocycles. The molecule has 0 spiro atoms. The van der Waals surface area contributed by atoms with Gasteiger partial charge in [-0.1, -0.05) is 30.3 Å². The number of aliphatic hydroxyl groups is 1. The molecule has 2 aromatic rings. The highest BCUT2D eigenvalue weighted by atomic mass is 16.5. The molecule has 0 amide bonds. The number of aliphatic hydroxyl groups excluding tert-OH is 1. The molecule has 19 heavy (non-hydrogen) atoms. The number of fused-ring (bicyclic) bond motifs is 1. The van der Waals surface area contributed by atoms with E-state index in [9.17, 15) is 5.11 Å². The van der Waals surface area contributed by atoms with Crippen LogP contribution in [0, 0.1) is 0 Å². The molecule has 0 aromatic heterocycles. The first kappa shape index (κ1) is 11.8. The van der Waals surface area contributed by atoms with Gasteiger partial charge in [-0.25, -0.2) is 0 Å². The first-order valence-corrected chi connectivity index (χ1v) is 6.44. The number of hydrogen-bond acceptors (Lipinski definition) is 2. The van der Waals surface area contributed by atoms with Crippen LogP contribution in [0.2, 0.25) is 0 Å². The van der Waals surface area contributed by atoms with Crippen molar-refractivity contribution < 1.29 is 9.84 Å². The van der Waals surface area contributed by atoms with Gasteiger partial charge in [-0.2, -0.15) is 0 Å². The third kappa shape index (κ3) is 2.10. The van der Waals surface area contributed by atoms with Gasteiger partial charge in [0, 0.05) is 11.1 Å². The van der Waals surface area contributed by atoms with Crippen LogP contribution in [0.3, 0.4) is 0 Å². The lowest BCUT2D eigenvalue weighted by molar-refractivity contribution is 0.414. The van der Waals surface area contributed by atoms with Gasteiger partial charge in [0.1, 0.15) is 11.5 Å².